The Morgan fingerprint density at radius 1 is 1.08 bits per heavy atom. The molecule has 24 heavy (non-hydrogen) atoms. The summed E-state index contributed by atoms with van der Waals surface area (Å²) in [5, 5.41) is 33.0. The normalized spacial score (nSPS) is 9.88. The van der Waals surface area contributed by atoms with Gasteiger partial charge in [0.2, 0.25) is 0 Å². The van der Waals surface area contributed by atoms with E-state index < -0.39 is 23.3 Å². The van der Waals surface area contributed by atoms with E-state index in [1.165, 1.54) is 18.2 Å². The molecule has 2 rings (SSSR count). The van der Waals surface area contributed by atoms with Gasteiger partial charge in [0, 0.05) is 0 Å². The first kappa shape index (κ1) is 17.4. The first-order valence-electron chi connectivity index (χ1n) is 6.36. The van der Waals surface area contributed by atoms with E-state index in [-0.39, 0.29) is 27.0 Å². The minimum atomic E-state index is -1.49. The summed E-state index contributed by atoms with van der Waals surface area (Å²) in [7, 11) is 0. The third kappa shape index (κ3) is 3.51. The number of nitriles is 1. The van der Waals surface area contributed by atoms with Crippen molar-refractivity contribution in [3.8, 4) is 11.8 Å². The summed E-state index contributed by atoms with van der Waals surface area (Å²) >= 11 is 11.8. The minimum Gasteiger partial charge on any atom is -0.505 e. The molecular formula is C15H9Cl2N3O4. The smallest absolute Gasteiger partial charge is 0.340 e. The fourth-order valence-electron chi connectivity index (χ4n) is 1.88. The third-order valence-electron chi connectivity index (χ3n) is 2.96. The number of hydrogen-bond acceptors (Lipinski definition) is 4. The van der Waals surface area contributed by atoms with Crippen LogP contribution in [0.15, 0.2) is 30.3 Å². The van der Waals surface area contributed by atoms with E-state index in [4.69, 9.17) is 33.6 Å². The van der Waals surface area contributed by atoms with Gasteiger partial charge in [0.25, 0.3) is 0 Å². The van der Waals surface area contributed by atoms with Gasteiger partial charge < -0.3 is 20.8 Å². The van der Waals surface area contributed by atoms with Crippen molar-refractivity contribution < 1.29 is 19.8 Å². The number of hydrogen-bond donors (Lipinski definition) is 4. The number of nitrogens with one attached hydrogen (secondary N) is 2. The number of urea groups is 1. The molecular weight excluding hydrogens is 357 g/mol. The number of nitrogens with zero attached hydrogens (tertiary/aromatic N) is 1. The number of rotatable bonds is 3. The van der Waals surface area contributed by atoms with Gasteiger partial charge in [-0.15, -0.1) is 0 Å². The molecule has 0 spiro atoms. The standard InChI is InChI=1S/C15H9Cl2N3O4/c16-8-2-1-3-9(12(8)17)19-15(24)20-10-5-4-7(6-18)11(13(10)21)14(22)23/h1-5,21H,(H,22,23)(H2,19,20,24). The van der Waals surface area contributed by atoms with Gasteiger partial charge in [-0.1, -0.05) is 29.3 Å². The van der Waals surface area contributed by atoms with Crippen molar-refractivity contribution >= 4 is 46.6 Å². The highest BCUT2D eigenvalue weighted by Crippen LogP contribution is 2.32. The number of aromatic carboxylic acids is 1. The average Bonchev–Trinajstić information content (AvgIpc) is 2.53. The number of carbonyl (C=O) groups is 2. The lowest BCUT2D eigenvalue weighted by Gasteiger charge is -2.12. The van der Waals surface area contributed by atoms with Crippen molar-refractivity contribution in [1.82, 2.24) is 0 Å². The summed E-state index contributed by atoms with van der Waals surface area (Å²) in [6, 6.07) is 7.87. The predicted octanol–water partition coefficient (Wildman–Crippen LogP) is 3.91. The van der Waals surface area contributed by atoms with Gasteiger partial charge in [-0.2, -0.15) is 5.26 Å². The van der Waals surface area contributed by atoms with E-state index >= 15 is 0 Å². The number of benzene rings is 2. The van der Waals surface area contributed by atoms with Crippen LogP contribution in [-0.2, 0) is 0 Å². The summed E-state index contributed by atoms with van der Waals surface area (Å²) in [4.78, 5) is 23.1. The molecule has 0 fully saturated rings. The SMILES string of the molecule is N#Cc1ccc(NC(=O)Nc2cccc(Cl)c2Cl)c(O)c1C(=O)O. The van der Waals surface area contributed by atoms with Crippen molar-refractivity contribution in [3.05, 3.63) is 51.5 Å². The molecule has 7 nitrogen and oxygen atoms in total. The number of halogens is 2. The Bertz CT molecular complexity index is 878. The fourth-order valence-corrected chi connectivity index (χ4v) is 2.23. The van der Waals surface area contributed by atoms with Crippen LogP contribution in [0.25, 0.3) is 0 Å². The number of aromatic hydroxyl groups is 1. The lowest BCUT2D eigenvalue weighted by molar-refractivity contribution is 0.0693. The van der Waals surface area contributed by atoms with Gasteiger partial charge in [-0.25, -0.2) is 9.59 Å². The second-order valence-electron chi connectivity index (χ2n) is 4.48. The van der Waals surface area contributed by atoms with Crippen LogP contribution in [0.5, 0.6) is 5.75 Å². The molecule has 0 saturated heterocycles. The zero-order chi connectivity index (χ0) is 17.9. The van der Waals surface area contributed by atoms with Gasteiger partial charge in [0.15, 0.2) is 5.75 Å². The molecule has 0 saturated carbocycles. The highest BCUT2D eigenvalue weighted by Gasteiger charge is 2.20. The molecule has 0 aliphatic carbocycles. The molecule has 0 heterocycles. The molecule has 9 heteroatoms. The molecule has 0 unspecified atom stereocenters. The lowest BCUT2D eigenvalue weighted by atomic mass is 10.1. The summed E-state index contributed by atoms with van der Waals surface area (Å²) in [6.07, 6.45) is 0. The van der Waals surface area contributed by atoms with Gasteiger partial charge in [0.1, 0.15) is 11.6 Å². The summed E-state index contributed by atoms with van der Waals surface area (Å²) in [5.74, 6) is -2.22. The van der Waals surface area contributed by atoms with E-state index in [1.807, 2.05) is 0 Å². The molecule has 122 valence electrons. The number of anilines is 2. The summed E-state index contributed by atoms with van der Waals surface area (Å²) < 4.78 is 0. The van der Waals surface area contributed by atoms with E-state index in [2.05, 4.69) is 10.6 Å². The molecule has 0 atom stereocenters. The number of carboxylic acid groups (broad SMARTS) is 1. The van der Waals surface area contributed by atoms with E-state index in [0.717, 1.165) is 0 Å². The quantitative estimate of drug-likeness (QED) is 0.614. The Morgan fingerprint density at radius 3 is 2.38 bits per heavy atom. The van der Waals surface area contributed by atoms with Gasteiger partial charge in [-0.05, 0) is 24.3 Å². The van der Waals surface area contributed by atoms with Crippen LogP contribution in [0.1, 0.15) is 15.9 Å². The monoisotopic (exact) mass is 365 g/mol. The Labute approximate surface area is 146 Å². The van der Waals surface area contributed by atoms with Crippen LogP contribution in [0.2, 0.25) is 10.0 Å². The largest absolute Gasteiger partial charge is 0.505 e. The van der Waals surface area contributed by atoms with E-state index in [0.29, 0.717) is 0 Å². The molecule has 2 amide bonds. The molecule has 0 aliphatic rings. The first-order chi connectivity index (χ1) is 11.3. The lowest BCUT2D eigenvalue weighted by Crippen LogP contribution is -2.20. The van der Waals surface area contributed by atoms with Crippen LogP contribution in [-0.4, -0.2) is 22.2 Å². The fraction of sp³-hybridized carbons (Fsp3) is 0. The Hall–Kier alpha value is -2.95. The van der Waals surface area contributed by atoms with Crippen LogP contribution < -0.4 is 10.6 Å². The summed E-state index contributed by atoms with van der Waals surface area (Å²) in [6.45, 7) is 0. The highest BCUT2D eigenvalue weighted by molar-refractivity contribution is 6.44. The molecule has 4 N–H and O–H groups in total. The molecule has 0 aromatic heterocycles. The molecule has 2 aromatic carbocycles. The van der Waals surface area contributed by atoms with Crippen LogP contribution >= 0.6 is 23.2 Å². The van der Waals surface area contributed by atoms with E-state index in [1.54, 1.807) is 18.2 Å². The minimum absolute atomic E-state index is 0.129. The van der Waals surface area contributed by atoms with Gasteiger partial charge >= 0.3 is 12.0 Å². The van der Waals surface area contributed by atoms with Crippen LogP contribution in [0.3, 0.4) is 0 Å². The Kier molecular flexibility index (Phi) is 5.14. The van der Waals surface area contributed by atoms with Gasteiger partial charge in [-0.3, -0.25) is 0 Å². The predicted molar refractivity (Wildman–Crippen MR) is 88.9 cm³/mol. The second kappa shape index (κ2) is 7.08. The van der Waals surface area contributed by atoms with Crippen molar-refractivity contribution in [1.29, 1.82) is 5.26 Å². The van der Waals surface area contributed by atoms with Crippen molar-refractivity contribution in [3.63, 3.8) is 0 Å². The maximum absolute atomic E-state index is 12.0. The van der Waals surface area contributed by atoms with Gasteiger partial charge in [0.05, 0.1) is 27.0 Å². The van der Waals surface area contributed by atoms with Crippen molar-refractivity contribution in [2.45, 2.75) is 0 Å². The second-order valence-corrected chi connectivity index (χ2v) is 5.27. The number of carbonyl (C=O) groups excluding carboxylic acids is 1. The average molecular weight is 366 g/mol. The Balaban J connectivity index is 2.27. The van der Waals surface area contributed by atoms with Crippen LogP contribution in [0, 0.1) is 11.3 Å². The van der Waals surface area contributed by atoms with Crippen molar-refractivity contribution in [2.75, 3.05) is 10.6 Å². The zero-order valence-corrected chi connectivity index (χ0v) is 13.3. The molecule has 0 bridgehead atoms. The summed E-state index contributed by atoms with van der Waals surface area (Å²) in [5.41, 5.74) is -0.782. The van der Waals surface area contributed by atoms with Crippen LogP contribution in [0.4, 0.5) is 16.2 Å². The molecule has 0 aliphatic heterocycles. The molecule has 0 radical (unpaired) electrons. The maximum Gasteiger partial charge on any atom is 0.340 e. The van der Waals surface area contributed by atoms with E-state index in [9.17, 15) is 14.7 Å². The van der Waals surface area contributed by atoms with Crippen molar-refractivity contribution in [2.24, 2.45) is 0 Å². The topological polar surface area (TPSA) is 122 Å². The highest BCUT2D eigenvalue weighted by atomic mass is 35.5. The first-order valence-corrected chi connectivity index (χ1v) is 7.12. The number of phenols is 1. The molecule has 2 aromatic rings. The zero-order valence-electron chi connectivity index (χ0n) is 11.8. The third-order valence-corrected chi connectivity index (χ3v) is 3.78. The maximum atomic E-state index is 12.0. The number of carboxylic acids is 1. The number of amides is 2. The Morgan fingerprint density at radius 2 is 1.75 bits per heavy atom.